The van der Waals surface area contributed by atoms with E-state index in [1.54, 1.807) is 42.5 Å². The molecule has 0 aliphatic rings. The third-order valence-corrected chi connectivity index (χ3v) is 5.04. The molecule has 1 amide bonds. The smallest absolute Gasteiger partial charge is 0.256 e. The molecule has 1 aromatic heterocycles. The third kappa shape index (κ3) is 3.57. The fraction of sp³-hybridized carbons (Fsp3) is 0. The number of anilines is 1. The second-order valence-electron chi connectivity index (χ2n) is 6.14. The molecule has 6 heteroatoms. The number of carbonyl (C=O) groups excluding carboxylic acids is 1. The number of pyridine rings is 1. The van der Waals surface area contributed by atoms with Crippen molar-refractivity contribution in [3.8, 4) is 11.3 Å². The molecule has 0 spiro atoms. The van der Waals surface area contributed by atoms with Crippen LogP contribution in [-0.2, 0) is 0 Å². The topological polar surface area (TPSA) is 42.0 Å². The van der Waals surface area contributed by atoms with E-state index in [4.69, 9.17) is 23.2 Å². The first-order chi connectivity index (χ1) is 13.5. The van der Waals surface area contributed by atoms with Crippen molar-refractivity contribution in [3.05, 3.63) is 94.2 Å². The first-order valence-electron chi connectivity index (χ1n) is 8.44. The highest BCUT2D eigenvalue weighted by molar-refractivity contribution is 6.42. The van der Waals surface area contributed by atoms with Crippen molar-refractivity contribution in [2.24, 2.45) is 0 Å². The van der Waals surface area contributed by atoms with E-state index in [9.17, 15) is 9.18 Å². The molecule has 0 atom stereocenters. The van der Waals surface area contributed by atoms with Crippen LogP contribution < -0.4 is 5.32 Å². The number of halogens is 3. The number of fused-ring (bicyclic) bond motifs is 1. The van der Waals surface area contributed by atoms with Gasteiger partial charge in [0.15, 0.2) is 0 Å². The maximum absolute atomic E-state index is 14.0. The number of nitrogens with zero attached hydrogens (tertiary/aromatic N) is 1. The number of hydrogen-bond acceptors (Lipinski definition) is 2. The van der Waals surface area contributed by atoms with Gasteiger partial charge in [-0.2, -0.15) is 0 Å². The lowest BCUT2D eigenvalue weighted by molar-refractivity contribution is 0.102. The van der Waals surface area contributed by atoms with Gasteiger partial charge < -0.3 is 5.32 Å². The molecule has 3 nitrogen and oxygen atoms in total. The number of amides is 1. The molecule has 4 rings (SSSR count). The Kier molecular flexibility index (Phi) is 4.99. The lowest BCUT2D eigenvalue weighted by atomic mass is 10.0. The monoisotopic (exact) mass is 410 g/mol. The van der Waals surface area contributed by atoms with Crippen LogP contribution in [0, 0.1) is 5.82 Å². The van der Waals surface area contributed by atoms with E-state index in [0.717, 1.165) is 5.56 Å². The van der Waals surface area contributed by atoms with Crippen LogP contribution in [0.2, 0.25) is 10.0 Å². The highest BCUT2D eigenvalue weighted by Gasteiger charge is 2.16. The molecule has 28 heavy (non-hydrogen) atoms. The van der Waals surface area contributed by atoms with Gasteiger partial charge in [-0.15, -0.1) is 0 Å². The summed E-state index contributed by atoms with van der Waals surface area (Å²) in [5.74, 6) is -0.927. The molecule has 1 N–H and O–H groups in total. The maximum Gasteiger partial charge on any atom is 0.256 e. The summed E-state index contributed by atoms with van der Waals surface area (Å²) in [6.07, 6.45) is 0. The number of carbonyl (C=O) groups is 1. The van der Waals surface area contributed by atoms with Crippen LogP contribution in [0.5, 0.6) is 0 Å². The predicted octanol–water partition coefficient (Wildman–Crippen LogP) is 6.60. The Labute approximate surface area is 170 Å². The fourth-order valence-electron chi connectivity index (χ4n) is 2.92. The standard InChI is InChI=1S/C22H13Cl2FN2O/c23-16-10-9-13(11-17(16)24)21-12-15(14-5-1-3-7-19(14)26-21)22(28)27-20-8-4-2-6-18(20)25/h1-12H,(H,27,28). The predicted molar refractivity (Wildman–Crippen MR) is 112 cm³/mol. The van der Waals surface area contributed by atoms with E-state index in [2.05, 4.69) is 10.3 Å². The van der Waals surface area contributed by atoms with Crippen molar-refractivity contribution in [1.82, 2.24) is 4.98 Å². The van der Waals surface area contributed by atoms with E-state index < -0.39 is 11.7 Å². The third-order valence-electron chi connectivity index (χ3n) is 4.30. The molecule has 0 fully saturated rings. The lowest BCUT2D eigenvalue weighted by Crippen LogP contribution is -2.14. The minimum absolute atomic E-state index is 0.115. The minimum Gasteiger partial charge on any atom is -0.319 e. The first kappa shape index (κ1) is 18.4. The van der Waals surface area contributed by atoms with Gasteiger partial charge in [-0.25, -0.2) is 9.37 Å². The van der Waals surface area contributed by atoms with Gasteiger partial charge in [0.2, 0.25) is 0 Å². The summed E-state index contributed by atoms with van der Waals surface area (Å²) in [4.78, 5) is 17.6. The quantitative estimate of drug-likeness (QED) is 0.413. The van der Waals surface area contributed by atoms with Crippen LogP contribution in [0.1, 0.15) is 10.4 Å². The average molecular weight is 411 g/mol. The zero-order valence-electron chi connectivity index (χ0n) is 14.4. The van der Waals surface area contributed by atoms with Crippen molar-refractivity contribution < 1.29 is 9.18 Å². The second kappa shape index (κ2) is 7.58. The Morgan fingerprint density at radius 1 is 0.893 bits per heavy atom. The van der Waals surface area contributed by atoms with E-state index >= 15 is 0 Å². The van der Waals surface area contributed by atoms with Gasteiger partial charge in [-0.1, -0.05) is 59.6 Å². The van der Waals surface area contributed by atoms with E-state index in [-0.39, 0.29) is 5.69 Å². The Balaban J connectivity index is 1.83. The number of benzene rings is 3. The Morgan fingerprint density at radius 3 is 2.43 bits per heavy atom. The molecule has 0 aliphatic heterocycles. The summed E-state index contributed by atoms with van der Waals surface area (Å²) >= 11 is 12.1. The van der Waals surface area contributed by atoms with Gasteiger partial charge >= 0.3 is 0 Å². The van der Waals surface area contributed by atoms with Crippen LogP contribution in [0.3, 0.4) is 0 Å². The number of rotatable bonds is 3. The maximum atomic E-state index is 14.0. The fourth-order valence-corrected chi connectivity index (χ4v) is 3.22. The summed E-state index contributed by atoms with van der Waals surface area (Å²) in [6.45, 7) is 0. The number of para-hydroxylation sites is 2. The normalized spacial score (nSPS) is 10.8. The SMILES string of the molecule is O=C(Nc1ccccc1F)c1cc(-c2ccc(Cl)c(Cl)c2)nc2ccccc12. The van der Waals surface area contributed by atoms with Gasteiger partial charge in [0, 0.05) is 10.9 Å². The molecule has 0 aliphatic carbocycles. The van der Waals surface area contributed by atoms with Crippen LogP contribution in [0.4, 0.5) is 10.1 Å². The summed E-state index contributed by atoms with van der Waals surface area (Å²) in [7, 11) is 0. The highest BCUT2D eigenvalue weighted by atomic mass is 35.5. The molecule has 0 radical (unpaired) electrons. The van der Waals surface area contributed by atoms with Crippen LogP contribution in [-0.4, -0.2) is 10.9 Å². The molecular formula is C22H13Cl2FN2O. The Hall–Kier alpha value is -2.95. The molecule has 4 aromatic rings. The van der Waals surface area contributed by atoms with Gasteiger partial charge in [-0.3, -0.25) is 4.79 Å². The summed E-state index contributed by atoms with van der Waals surface area (Å²) < 4.78 is 14.0. The van der Waals surface area contributed by atoms with Crippen molar-refractivity contribution in [3.63, 3.8) is 0 Å². The van der Waals surface area contributed by atoms with Crippen LogP contribution in [0.25, 0.3) is 22.2 Å². The molecule has 3 aromatic carbocycles. The van der Waals surface area contributed by atoms with E-state index in [1.807, 2.05) is 18.2 Å². The summed E-state index contributed by atoms with van der Waals surface area (Å²) in [5.41, 5.74) is 2.43. The van der Waals surface area contributed by atoms with Crippen molar-refractivity contribution >= 4 is 45.7 Å². The summed E-state index contributed by atoms with van der Waals surface area (Å²) in [5, 5.41) is 4.12. The Morgan fingerprint density at radius 2 is 1.64 bits per heavy atom. The molecule has 0 saturated carbocycles. The van der Waals surface area contributed by atoms with Gasteiger partial charge in [0.05, 0.1) is 32.5 Å². The molecule has 0 saturated heterocycles. The van der Waals surface area contributed by atoms with Crippen molar-refractivity contribution in [2.75, 3.05) is 5.32 Å². The van der Waals surface area contributed by atoms with Gasteiger partial charge in [0.1, 0.15) is 5.82 Å². The first-order valence-corrected chi connectivity index (χ1v) is 9.19. The van der Waals surface area contributed by atoms with Gasteiger partial charge in [-0.05, 0) is 36.4 Å². The zero-order valence-corrected chi connectivity index (χ0v) is 15.9. The average Bonchev–Trinajstić information content (AvgIpc) is 2.71. The Bertz CT molecular complexity index is 1210. The van der Waals surface area contributed by atoms with E-state index in [0.29, 0.717) is 32.2 Å². The van der Waals surface area contributed by atoms with Crippen LogP contribution >= 0.6 is 23.2 Å². The number of nitrogens with one attached hydrogen (secondary N) is 1. The van der Waals surface area contributed by atoms with Crippen LogP contribution in [0.15, 0.2) is 72.8 Å². The summed E-state index contributed by atoms with van der Waals surface area (Å²) in [6, 6.07) is 20.1. The van der Waals surface area contributed by atoms with Crippen molar-refractivity contribution in [1.29, 1.82) is 0 Å². The molecule has 0 unspecified atom stereocenters. The molecular weight excluding hydrogens is 398 g/mol. The largest absolute Gasteiger partial charge is 0.319 e. The molecule has 1 heterocycles. The molecule has 138 valence electrons. The zero-order chi connectivity index (χ0) is 19.7. The lowest BCUT2D eigenvalue weighted by Gasteiger charge is -2.11. The second-order valence-corrected chi connectivity index (χ2v) is 6.95. The number of hydrogen-bond donors (Lipinski definition) is 1. The molecule has 0 bridgehead atoms. The highest BCUT2D eigenvalue weighted by Crippen LogP contribution is 2.30. The van der Waals surface area contributed by atoms with E-state index in [1.165, 1.54) is 12.1 Å². The van der Waals surface area contributed by atoms with Crippen molar-refractivity contribution in [2.45, 2.75) is 0 Å². The van der Waals surface area contributed by atoms with Gasteiger partial charge in [0.25, 0.3) is 5.91 Å². The number of aromatic nitrogens is 1. The minimum atomic E-state index is -0.501.